The molecule has 0 fully saturated rings. The number of nitrogen functional groups attached to an aromatic ring is 1. The van der Waals surface area contributed by atoms with Gasteiger partial charge >= 0.3 is 0 Å². The van der Waals surface area contributed by atoms with Gasteiger partial charge in [0.1, 0.15) is 28.5 Å². The van der Waals surface area contributed by atoms with E-state index in [1.165, 1.54) is 30.0 Å². The number of nitriles is 2. The SMILES string of the molecule is CSc1nc(N)c(C#N)c(-c2cccc([N+](=O)[O-])c2)c1C#N. The molecule has 108 valence electrons. The summed E-state index contributed by atoms with van der Waals surface area (Å²) in [6.07, 6.45) is 1.73. The molecule has 0 atom stereocenters. The molecule has 1 heterocycles. The van der Waals surface area contributed by atoms with Crippen molar-refractivity contribution in [3.05, 3.63) is 45.5 Å². The van der Waals surface area contributed by atoms with E-state index in [-0.39, 0.29) is 28.2 Å². The second-order valence-corrected chi connectivity index (χ2v) is 4.96. The second-order valence-electron chi connectivity index (χ2n) is 4.16. The first kappa shape index (κ1) is 15.3. The maximum absolute atomic E-state index is 10.9. The van der Waals surface area contributed by atoms with E-state index < -0.39 is 4.92 Å². The van der Waals surface area contributed by atoms with Crippen LogP contribution in [0.1, 0.15) is 11.1 Å². The lowest BCUT2D eigenvalue weighted by Gasteiger charge is -2.11. The summed E-state index contributed by atoms with van der Waals surface area (Å²) in [5, 5.41) is 30.0. The summed E-state index contributed by atoms with van der Waals surface area (Å²) in [4.78, 5) is 14.4. The van der Waals surface area contributed by atoms with Crippen molar-refractivity contribution in [2.45, 2.75) is 5.03 Å². The van der Waals surface area contributed by atoms with Crippen molar-refractivity contribution < 1.29 is 4.92 Å². The van der Waals surface area contributed by atoms with Crippen molar-refractivity contribution in [3.63, 3.8) is 0 Å². The number of non-ortho nitro benzene ring substituents is 1. The highest BCUT2D eigenvalue weighted by Crippen LogP contribution is 2.35. The second kappa shape index (κ2) is 6.12. The van der Waals surface area contributed by atoms with Gasteiger partial charge in [-0.25, -0.2) is 4.98 Å². The van der Waals surface area contributed by atoms with Crippen LogP contribution < -0.4 is 5.73 Å². The first-order chi connectivity index (χ1) is 10.5. The number of pyridine rings is 1. The van der Waals surface area contributed by atoms with Gasteiger partial charge in [-0.05, 0) is 11.8 Å². The topological polar surface area (TPSA) is 130 Å². The largest absolute Gasteiger partial charge is 0.383 e. The average Bonchev–Trinajstić information content (AvgIpc) is 2.53. The van der Waals surface area contributed by atoms with E-state index in [1.807, 2.05) is 12.1 Å². The van der Waals surface area contributed by atoms with Crippen LogP contribution in [0.3, 0.4) is 0 Å². The lowest BCUT2D eigenvalue weighted by atomic mass is 9.96. The van der Waals surface area contributed by atoms with Crippen LogP contribution in [0.5, 0.6) is 0 Å². The quantitative estimate of drug-likeness (QED) is 0.524. The zero-order valence-electron chi connectivity index (χ0n) is 11.4. The van der Waals surface area contributed by atoms with Crippen molar-refractivity contribution in [3.8, 4) is 23.3 Å². The first-order valence-corrected chi connectivity index (χ1v) is 7.18. The van der Waals surface area contributed by atoms with Gasteiger partial charge in [-0.1, -0.05) is 12.1 Å². The fraction of sp³-hybridized carbons (Fsp3) is 0.0714. The van der Waals surface area contributed by atoms with Gasteiger partial charge in [0, 0.05) is 17.7 Å². The molecule has 0 aliphatic carbocycles. The third kappa shape index (κ3) is 2.55. The molecular formula is C14H9N5O2S. The van der Waals surface area contributed by atoms with Crippen LogP contribution in [0.15, 0.2) is 29.3 Å². The summed E-state index contributed by atoms with van der Waals surface area (Å²) < 4.78 is 0. The molecule has 2 N–H and O–H groups in total. The van der Waals surface area contributed by atoms with Crippen LogP contribution in [0, 0.1) is 32.8 Å². The Morgan fingerprint density at radius 3 is 2.55 bits per heavy atom. The highest BCUT2D eigenvalue weighted by Gasteiger charge is 2.21. The maximum atomic E-state index is 10.9. The number of hydrogen-bond donors (Lipinski definition) is 1. The maximum Gasteiger partial charge on any atom is 0.270 e. The summed E-state index contributed by atoms with van der Waals surface area (Å²) >= 11 is 1.22. The number of anilines is 1. The average molecular weight is 311 g/mol. The summed E-state index contributed by atoms with van der Waals surface area (Å²) in [6, 6.07) is 9.65. The van der Waals surface area contributed by atoms with Gasteiger partial charge < -0.3 is 5.73 Å². The zero-order chi connectivity index (χ0) is 16.3. The molecule has 0 unspecified atom stereocenters. The highest BCUT2D eigenvalue weighted by molar-refractivity contribution is 7.98. The van der Waals surface area contributed by atoms with E-state index in [4.69, 9.17) is 5.73 Å². The Hall–Kier alpha value is -3.10. The Bertz CT molecular complexity index is 852. The Balaban J connectivity index is 2.87. The summed E-state index contributed by atoms with van der Waals surface area (Å²) in [7, 11) is 0. The number of nitro groups is 1. The molecule has 0 aliphatic heterocycles. The van der Waals surface area contributed by atoms with Crippen LogP contribution in [0.25, 0.3) is 11.1 Å². The zero-order valence-corrected chi connectivity index (χ0v) is 12.2. The Labute approximate surface area is 130 Å². The minimum absolute atomic E-state index is 0.00708. The molecule has 1 aromatic heterocycles. The fourth-order valence-corrected chi connectivity index (χ4v) is 2.55. The summed E-state index contributed by atoms with van der Waals surface area (Å²) in [5.74, 6) is -0.00708. The highest BCUT2D eigenvalue weighted by atomic mass is 32.2. The number of thioether (sulfide) groups is 1. The number of nitrogens with two attached hydrogens (primary N) is 1. The molecular weight excluding hydrogens is 302 g/mol. The molecule has 0 aliphatic rings. The van der Waals surface area contributed by atoms with Crippen molar-refractivity contribution in [2.24, 2.45) is 0 Å². The summed E-state index contributed by atoms with van der Waals surface area (Å²) in [5.41, 5.74) is 6.51. The molecule has 8 heteroatoms. The molecule has 2 aromatic rings. The monoisotopic (exact) mass is 311 g/mol. The third-order valence-corrected chi connectivity index (χ3v) is 3.64. The molecule has 7 nitrogen and oxygen atoms in total. The molecule has 22 heavy (non-hydrogen) atoms. The van der Waals surface area contributed by atoms with Crippen molar-refractivity contribution in [1.82, 2.24) is 4.98 Å². The number of nitrogens with zero attached hydrogens (tertiary/aromatic N) is 4. The van der Waals surface area contributed by atoms with E-state index in [2.05, 4.69) is 4.98 Å². The Kier molecular flexibility index (Phi) is 4.25. The van der Waals surface area contributed by atoms with E-state index in [9.17, 15) is 20.6 Å². The first-order valence-electron chi connectivity index (χ1n) is 5.96. The Morgan fingerprint density at radius 1 is 1.32 bits per heavy atom. The van der Waals surface area contributed by atoms with Gasteiger partial charge in [0.05, 0.1) is 10.5 Å². The summed E-state index contributed by atoms with van der Waals surface area (Å²) in [6.45, 7) is 0. The van der Waals surface area contributed by atoms with Crippen molar-refractivity contribution in [2.75, 3.05) is 12.0 Å². The molecule has 0 spiro atoms. The molecule has 0 saturated heterocycles. The van der Waals surface area contributed by atoms with Gasteiger partial charge in [0.2, 0.25) is 0 Å². The van der Waals surface area contributed by atoms with Gasteiger partial charge in [-0.15, -0.1) is 11.8 Å². The third-order valence-electron chi connectivity index (χ3n) is 2.95. The van der Waals surface area contributed by atoms with Crippen molar-refractivity contribution in [1.29, 1.82) is 10.5 Å². The minimum atomic E-state index is -0.540. The normalized spacial score (nSPS) is 9.77. The standard InChI is InChI=1S/C14H9N5O2S/c1-22-14-11(7-16)12(10(6-15)13(17)18-14)8-3-2-4-9(5-8)19(20)21/h2-5H,1H3,(H2,17,18). The lowest BCUT2D eigenvalue weighted by Crippen LogP contribution is -2.03. The van der Waals surface area contributed by atoms with E-state index in [0.717, 1.165) is 0 Å². The number of hydrogen-bond acceptors (Lipinski definition) is 7. The lowest BCUT2D eigenvalue weighted by molar-refractivity contribution is -0.384. The molecule has 0 saturated carbocycles. The van der Waals surface area contributed by atoms with E-state index in [0.29, 0.717) is 10.6 Å². The van der Waals surface area contributed by atoms with Crippen LogP contribution in [-0.2, 0) is 0 Å². The molecule has 1 aromatic carbocycles. The van der Waals surface area contributed by atoms with Crippen LogP contribution >= 0.6 is 11.8 Å². The number of aromatic nitrogens is 1. The molecule has 0 radical (unpaired) electrons. The van der Waals surface area contributed by atoms with Gasteiger partial charge in [0.25, 0.3) is 5.69 Å². The van der Waals surface area contributed by atoms with Crippen LogP contribution in [0.4, 0.5) is 11.5 Å². The van der Waals surface area contributed by atoms with Gasteiger partial charge in [-0.2, -0.15) is 10.5 Å². The van der Waals surface area contributed by atoms with Crippen LogP contribution in [0.2, 0.25) is 0 Å². The predicted octanol–water partition coefficient (Wildman–Crippen LogP) is 2.70. The molecule has 0 amide bonds. The molecule has 2 rings (SSSR count). The number of rotatable bonds is 3. The fourth-order valence-electron chi connectivity index (χ4n) is 2.01. The Morgan fingerprint density at radius 2 is 2.00 bits per heavy atom. The van der Waals surface area contributed by atoms with E-state index in [1.54, 1.807) is 12.3 Å². The number of benzene rings is 1. The van der Waals surface area contributed by atoms with Crippen LogP contribution in [-0.4, -0.2) is 16.2 Å². The van der Waals surface area contributed by atoms with Gasteiger partial charge in [-0.3, -0.25) is 10.1 Å². The minimum Gasteiger partial charge on any atom is -0.383 e. The van der Waals surface area contributed by atoms with Crippen molar-refractivity contribution >= 4 is 23.3 Å². The van der Waals surface area contributed by atoms with E-state index >= 15 is 0 Å². The smallest absolute Gasteiger partial charge is 0.270 e. The predicted molar refractivity (Wildman–Crippen MR) is 82.0 cm³/mol. The van der Waals surface area contributed by atoms with Gasteiger partial charge in [0.15, 0.2) is 0 Å². The number of nitro benzene ring substituents is 1. The molecule has 0 bridgehead atoms.